The van der Waals surface area contributed by atoms with Crippen molar-refractivity contribution >= 4 is 0 Å². The first-order chi connectivity index (χ1) is 9.36. The molecule has 1 saturated heterocycles. The molecule has 0 aromatic heterocycles. The fraction of sp³-hybridized carbons (Fsp3) is 0.647. The molecule has 0 amide bonds. The number of aryl methyl sites for hydroxylation is 2. The van der Waals surface area contributed by atoms with Gasteiger partial charge in [-0.25, -0.2) is 0 Å². The molecule has 2 aliphatic rings. The van der Waals surface area contributed by atoms with Gasteiger partial charge in [0.2, 0.25) is 0 Å². The fourth-order valence-electron chi connectivity index (χ4n) is 3.58. The first kappa shape index (κ1) is 13.1. The van der Waals surface area contributed by atoms with Crippen LogP contribution in [0.5, 0.6) is 0 Å². The summed E-state index contributed by atoms with van der Waals surface area (Å²) in [6.07, 6.45) is 6.21. The molecule has 104 valence electrons. The van der Waals surface area contributed by atoms with Crippen molar-refractivity contribution in [2.24, 2.45) is 5.92 Å². The maximum atomic E-state index is 5.68. The largest absolute Gasteiger partial charge is 0.381 e. The van der Waals surface area contributed by atoms with Gasteiger partial charge in [0, 0.05) is 18.6 Å². The number of hydrogen-bond donors (Lipinski definition) is 1. The Kier molecular flexibility index (Phi) is 4.19. The van der Waals surface area contributed by atoms with Crippen LogP contribution in [0.25, 0.3) is 0 Å². The Morgan fingerprint density at radius 2 is 2.16 bits per heavy atom. The Bertz CT molecular complexity index is 427. The second-order valence-corrected chi connectivity index (χ2v) is 5.95. The average molecular weight is 259 g/mol. The third kappa shape index (κ3) is 3.01. The van der Waals surface area contributed by atoms with E-state index in [9.17, 15) is 0 Å². The molecule has 0 radical (unpaired) electrons. The lowest BCUT2D eigenvalue weighted by Gasteiger charge is -2.32. The molecule has 2 nitrogen and oxygen atoms in total. The van der Waals surface area contributed by atoms with Crippen molar-refractivity contribution in [3.8, 4) is 0 Å². The van der Waals surface area contributed by atoms with E-state index < -0.39 is 0 Å². The van der Waals surface area contributed by atoms with Gasteiger partial charge in [-0.3, -0.25) is 0 Å². The van der Waals surface area contributed by atoms with Gasteiger partial charge >= 0.3 is 0 Å². The molecule has 1 N–H and O–H groups in total. The third-order valence-corrected chi connectivity index (χ3v) is 4.60. The number of hydrogen-bond acceptors (Lipinski definition) is 2. The molecule has 2 unspecified atom stereocenters. The second-order valence-electron chi connectivity index (χ2n) is 5.95. The van der Waals surface area contributed by atoms with E-state index in [0.717, 1.165) is 32.6 Å². The van der Waals surface area contributed by atoms with Crippen LogP contribution in [0.15, 0.2) is 18.2 Å². The average Bonchev–Trinajstić information content (AvgIpc) is 2.89. The van der Waals surface area contributed by atoms with Gasteiger partial charge in [0.05, 0.1) is 6.61 Å². The Hall–Kier alpha value is -0.860. The molecule has 2 atom stereocenters. The Morgan fingerprint density at radius 3 is 3.05 bits per heavy atom. The first-order valence-corrected chi connectivity index (χ1v) is 7.78. The highest BCUT2D eigenvalue weighted by atomic mass is 16.5. The lowest BCUT2D eigenvalue weighted by Crippen LogP contribution is -2.43. The van der Waals surface area contributed by atoms with E-state index >= 15 is 0 Å². The van der Waals surface area contributed by atoms with Crippen molar-refractivity contribution in [1.29, 1.82) is 0 Å². The number of rotatable bonds is 4. The molecular formula is C17H25NO. The maximum Gasteiger partial charge on any atom is 0.0512 e. The van der Waals surface area contributed by atoms with Gasteiger partial charge in [0.15, 0.2) is 0 Å². The summed E-state index contributed by atoms with van der Waals surface area (Å²) in [7, 11) is 0. The van der Waals surface area contributed by atoms with Crippen LogP contribution in [-0.4, -0.2) is 25.8 Å². The molecule has 0 bridgehead atoms. The van der Waals surface area contributed by atoms with Crippen molar-refractivity contribution in [2.75, 3.05) is 19.8 Å². The zero-order valence-electron chi connectivity index (χ0n) is 12.0. The minimum atomic E-state index is 0.631. The molecule has 3 rings (SSSR count). The highest BCUT2D eigenvalue weighted by molar-refractivity contribution is 5.35. The lowest BCUT2D eigenvalue weighted by molar-refractivity contribution is 0.0326. The zero-order valence-corrected chi connectivity index (χ0v) is 12.0. The van der Waals surface area contributed by atoms with Gasteiger partial charge in [0.25, 0.3) is 0 Å². The topological polar surface area (TPSA) is 21.3 Å². The van der Waals surface area contributed by atoms with E-state index in [0.29, 0.717) is 12.0 Å². The van der Waals surface area contributed by atoms with E-state index in [2.05, 4.69) is 30.4 Å². The van der Waals surface area contributed by atoms with Gasteiger partial charge < -0.3 is 10.1 Å². The van der Waals surface area contributed by atoms with E-state index in [-0.39, 0.29) is 0 Å². The molecule has 1 aromatic rings. The van der Waals surface area contributed by atoms with Crippen molar-refractivity contribution in [3.63, 3.8) is 0 Å². The van der Waals surface area contributed by atoms with Crippen molar-refractivity contribution in [1.82, 2.24) is 5.32 Å². The summed E-state index contributed by atoms with van der Waals surface area (Å²) in [5, 5.41) is 3.63. The molecule has 0 saturated carbocycles. The first-order valence-electron chi connectivity index (χ1n) is 7.78. The third-order valence-electron chi connectivity index (χ3n) is 4.60. The van der Waals surface area contributed by atoms with Crippen LogP contribution >= 0.6 is 0 Å². The SMILES string of the molecule is CCNC1CCOCC1Cc1ccc2c(c1)CCC2. The van der Waals surface area contributed by atoms with Crippen LogP contribution in [-0.2, 0) is 24.0 Å². The van der Waals surface area contributed by atoms with Crippen molar-refractivity contribution < 1.29 is 4.74 Å². The summed E-state index contributed by atoms with van der Waals surface area (Å²) >= 11 is 0. The van der Waals surface area contributed by atoms with Crippen LogP contribution in [0, 0.1) is 5.92 Å². The van der Waals surface area contributed by atoms with Crippen molar-refractivity contribution in [3.05, 3.63) is 34.9 Å². The Morgan fingerprint density at radius 1 is 1.26 bits per heavy atom. The van der Waals surface area contributed by atoms with Crippen molar-refractivity contribution in [2.45, 2.75) is 45.1 Å². The standard InChI is InChI=1S/C17H25NO/c1-2-18-17-8-9-19-12-16(17)11-13-6-7-14-4-3-5-15(14)10-13/h6-7,10,16-18H,2-5,8-9,11-12H2,1H3. The number of fused-ring (bicyclic) bond motifs is 1. The molecule has 1 heterocycles. The van der Waals surface area contributed by atoms with Gasteiger partial charge in [-0.1, -0.05) is 25.1 Å². The van der Waals surface area contributed by atoms with Crippen LogP contribution in [0.2, 0.25) is 0 Å². The smallest absolute Gasteiger partial charge is 0.0512 e. The lowest BCUT2D eigenvalue weighted by atomic mass is 9.88. The highest BCUT2D eigenvalue weighted by Gasteiger charge is 2.25. The molecular weight excluding hydrogens is 234 g/mol. The van der Waals surface area contributed by atoms with Gasteiger partial charge in [-0.05, 0) is 55.3 Å². The predicted octanol–water partition coefficient (Wildman–Crippen LogP) is 2.73. The monoisotopic (exact) mass is 259 g/mol. The summed E-state index contributed by atoms with van der Waals surface area (Å²) < 4.78 is 5.68. The van der Waals surface area contributed by atoms with Gasteiger partial charge in [-0.15, -0.1) is 0 Å². The predicted molar refractivity (Wildman–Crippen MR) is 78.6 cm³/mol. The molecule has 0 spiro atoms. The Balaban J connectivity index is 1.69. The molecule has 2 heteroatoms. The Labute approximate surface area is 116 Å². The number of benzene rings is 1. The summed E-state index contributed by atoms with van der Waals surface area (Å²) in [5.74, 6) is 0.633. The van der Waals surface area contributed by atoms with Gasteiger partial charge in [-0.2, -0.15) is 0 Å². The molecule has 19 heavy (non-hydrogen) atoms. The van der Waals surface area contributed by atoms with E-state index in [4.69, 9.17) is 4.74 Å². The number of nitrogens with one attached hydrogen (secondary N) is 1. The molecule has 1 aliphatic heterocycles. The quantitative estimate of drug-likeness (QED) is 0.897. The minimum Gasteiger partial charge on any atom is -0.381 e. The molecule has 1 fully saturated rings. The van der Waals surface area contributed by atoms with E-state index in [1.165, 1.54) is 24.8 Å². The summed E-state index contributed by atoms with van der Waals surface area (Å²) in [6, 6.07) is 7.76. The molecule has 1 aromatic carbocycles. The van der Waals surface area contributed by atoms with Crippen LogP contribution in [0.4, 0.5) is 0 Å². The summed E-state index contributed by atoms with van der Waals surface area (Å²) in [5.41, 5.74) is 4.67. The second kappa shape index (κ2) is 6.06. The fourth-order valence-corrected chi connectivity index (χ4v) is 3.58. The minimum absolute atomic E-state index is 0.631. The van der Waals surface area contributed by atoms with Crippen LogP contribution in [0.1, 0.15) is 36.5 Å². The van der Waals surface area contributed by atoms with Crippen LogP contribution < -0.4 is 5.32 Å². The van der Waals surface area contributed by atoms with E-state index in [1.807, 2.05) is 0 Å². The number of ether oxygens (including phenoxy) is 1. The normalized spacial score (nSPS) is 26.4. The maximum absolute atomic E-state index is 5.68. The van der Waals surface area contributed by atoms with Gasteiger partial charge in [0.1, 0.15) is 0 Å². The zero-order chi connectivity index (χ0) is 13.1. The summed E-state index contributed by atoms with van der Waals surface area (Å²) in [4.78, 5) is 0. The van der Waals surface area contributed by atoms with E-state index in [1.54, 1.807) is 11.1 Å². The van der Waals surface area contributed by atoms with Crippen LogP contribution in [0.3, 0.4) is 0 Å². The summed E-state index contributed by atoms with van der Waals surface area (Å²) in [6.45, 7) is 5.08. The molecule has 1 aliphatic carbocycles. The highest BCUT2D eigenvalue weighted by Crippen LogP contribution is 2.26.